The monoisotopic (exact) mass is 180 g/mol. The van der Waals surface area contributed by atoms with Gasteiger partial charge in [0.25, 0.3) is 0 Å². The first kappa shape index (κ1) is 12.7. The Kier molecular flexibility index (Phi) is 6.97. The Hall–Kier alpha value is -0.300. The Balaban J connectivity index is 0.000000451. The van der Waals surface area contributed by atoms with Crippen LogP contribution in [-0.4, -0.2) is 0 Å². The van der Waals surface area contributed by atoms with Crippen LogP contribution in [0.2, 0.25) is 0 Å². The predicted molar refractivity (Wildman–Crippen MR) is 55.0 cm³/mol. The SMILES string of the molecule is [CH2-]C.[Na+].c1ccc2ccccc2c1. The Morgan fingerprint density at radius 2 is 0.923 bits per heavy atom. The fraction of sp³-hybridized carbons (Fsp3) is 0.0833. The van der Waals surface area contributed by atoms with Crippen molar-refractivity contribution in [1.82, 2.24) is 0 Å². The van der Waals surface area contributed by atoms with E-state index in [1.165, 1.54) is 10.8 Å². The molecule has 0 N–H and O–H groups in total. The molecule has 0 unspecified atom stereocenters. The molecule has 0 saturated carbocycles. The number of rotatable bonds is 0. The molecule has 0 amide bonds. The molecule has 0 saturated heterocycles. The summed E-state index contributed by atoms with van der Waals surface area (Å²) in [5.74, 6) is 0. The average molecular weight is 180 g/mol. The van der Waals surface area contributed by atoms with E-state index in [1.807, 2.05) is 0 Å². The van der Waals surface area contributed by atoms with Crippen LogP contribution in [0.1, 0.15) is 6.92 Å². The second-order valence-corrected chi connectivity index (χ2v) is 2.35. The molecule has 2 aromatic rings. The second kappa shape index (κ2) is 7.14. The van der Waals surface area contributed by atoms with Gasteiger partial charge in [0.15, 0.2) is 0 Å². The van der Waals surface area contributed by atoms with Crippen LogP contribution in [0.25, 0.3) is 10.8 Å². The van der Waals surface area contributed by atoms with Crippen molar-refractivity contribution in [2.45, 2.75) is 6.92 Å². The molecule has 62 valence electrons. The van der Waals surface area contributed by atoms with Crippen molar-refractivity contribution in [3.05, 3.63) is 55.5 Å². The number of hydrogen-bond acceptors (Lipinski definition) is 0. The molecule has 13 heavy (non-hydrogen) atoms. The summed E-state index contributed by atoms with van der Waals surface area (Å²) in [4.78, 5) is 0. The van der Waals surface area contributed by atoms with Crippen LogP contribution >= 0.6 is 0 Å². The third-order valence-corrected chi connectivity index (χ3v) is 1.66. The second-order valence-electron chi connectivity index (χ2n) is 2.35. The van der Waals surface area contributed by atoms with Crippen LogP contribution in [0.15, 0.2) is 48.5 Å². The molecule has 2 aromatic carbocycles. The van der Waals surface area contributed by atoms with Crippen LogP contribution in [0.3, 0.4) is 0 Å². The third kappa shape index (κ3) is 3.51. The first-order chi connectivity index (χ1) is 5.97. The maximum Gasteiger partial charge on any atom is 1.00 e. The molecule has 0 heterocycles. The average Bonchev–Trinajstić information content (AvgIpc) is 2.21. The van der Waals surface area contributed by atoms with Gasteiger partial charge in [0.2, 0.25) is 0 Å². The largest absolute Gasteiger partial charge is 1.00 e. The molecule has 0 nitrogen and oxygen atoms in total. The number of hydrogen-bond donors (Lipinski definition) is 0. The van der Waals surface area contributed by atoms with E-state index < -0.39 is 0 Å². The summed E-state index contributed by atoms with van der Waals surface area (Å²) in [6, 6.07) is 16.7. The summed E-state index contributed by atoms with van der Waals surface area (Å²) in [6.45, 7) is 5.00. The Morgan fingerprint density at radius 3 is 1.15 bits per heavy atom. The smallest absolute Gasteiger partial charge is 0.346 e. The molecular formula is C12H13Na. The minimum absolute atomic E-state index is 0. The van der Waals surface area contributed by atoms with Crippen LogP contribution in [0.4, 0.5) is 0 Å². The molecule has 0 spiro atoms. The van der Waals surface area contributed by atoms with Crippen molar-refractivity contribution in [3.8, 4) is 0 Å². The zero-order chi connectivity index (χ0) is 8.81. The normalized spacial score (nSPS) is 8.15. The van der Waals surface area contributed by atoms with Gasteiger partial charge in [-0.3, -0.25) is 0 Å². The minimum atomic E-state index is 0. The van der Waals surface area contributed by atoms with Gasteiger partial charge < -0.3 is 6.92 Å². The number of fused-ring (bicyclic) bond motifs is 1. The van der Waals surface area contributed by atoms with Gasteiger partial charge in [-0.1, -0.05) is 48.5 Å². The maximum absolute atomic E-state index is 3.25. The van der Waals surface area contributed by atoms with Gasteiger partial charge in [0, 0.05) is 0 Å². The van der Waals surface area contributed by atoms with Crippen molar-refractivity contribution in [2.24, 2.45) is 0 Å². The van der Waals surface area contributed by atoms with Crippen molar-refractivity contribution in [2.75, 3.05) is 0 Å². The maximum atomic E-state index is 3.25. The zero-order valence-electron chi connectivity index (χ0n) is 8.33. The molecule has 2 rings (SSSR count). The molecule has 0 aromatic heterocycles. The van der Waals surface area contributed by atoms with E-state index in [0.29, 0.717) is 0 Å². The van der Waals surface area contributed by atoms with Gasteiger partial charge in [-0.15, -0.1) is 0 Å². The minimum Gasteiger partial charge on any atom is -0.346 e. The molecular weight excluding hydrogens is 167 g/mol. The van der Waals surface area contributed by atoms with Gasteiger partial charge in [-0.05, 0) is 10.8 Å². The van der Waals surface area contributed by atoms with E-state index in [1.54, 1.807) is 6.92 Å². The van der Waals surface area contributed by atoms with Gasteiger partial charge in [0.05, 0.1) is 0 Å². The van der Waals surface area contributed by atoms with Crippen LogP contribution in [-0.2, 0) is 0 Å². The quantitative estimate of drug-likeness (QED) is 0.413. The third-order valence-electron chi connectivity index (χ3n) is 1.66. The van der Waals surface area contributed by atoms with Gasteiger partial charge in [0.1, 0.15) is 0 Å². The van der Waals surface area contributed by atoms with E-state index in [-0.39, 0.29) is 29.6 Å². The summed E-state index contributed by atoms with van der Waals surface area (Å²) < 4.78 is 0. The van der Waals surface area contributed by atoms with Gasteiger partial charge >= 0.3 is 29.6 Å². The molecule has 0 aliphatic carbocycles. The summed E-state index contributed by atoms with van der Waals surface area (Å²) in [7, 11) is 0. The van der Waals surface area contributed by atoms with Crippen molar-refractivity contribution >= 4 is 10.8 Å². The van der Waals surface area contributed by atoms with Crippen molar-refractivity contribution < 1.29 is 29.6 Å². The Labute approximate surface area is 102 Å². The summed E-state index contributed by atoms with van der Waals surface area (Å²) in [6.07, 6.45) is 0. The van der Waals surface area contributed by atoms with Crippen molar-refractivity contribution in [3.63, 3.8) is 0 Å². The molecule has 1 heteroatoms. The van der Waals surface area contributed by atoms with E-state index >= 15 is 0 Å². The van der Waals surface area contributed by atoms with E-state index in [0.717, 1.165) is 0 Å². The van der Waals surface area contributed by atoms with E-state index in [2.05, 4.69) is 55.5 Å². The molecule has 0 fully saturated rings. The van der Waals surface area contributed by atoms with Crippen LogP contribution in [0.5, 0.6) is 0 Å². The summed E-state index contributed by atoms with van der Waals surface area (Å²) in [5, 5.41) is 2.62. The molecule has 0 radical (unpaired) electrons. The molecule has 0 bridgehead atoms. The Morgan fingerprint density at radius 1 is 0.692 bits per heavy atom. The molecule has 0 aliphatic rings. The molecule has 0 aliphatic heterocycles. The van der Waals surface area contributed by atoms with E-state index in [9.17, 15) is 0 Å². The van der Waals surface area contributed by atoms with Crippen LogP contribution in [0, 0.1) is 6.92 Å². The molecule has 0 atom stereocenters. The van der Waals surface area contributed by atoms with E-state index in [4.69, 9.17) is 0 Å². The van der Waals surface area contributed by atoms with Crippen molar-refractivity contribution in [1.29, 1.82) is 0 Å². The fourth-order valence-corrected chi connectivity index (χ4v) is 1.13. The fourth-order valence-electron chi connectivity index (χ4n) is 1.13. The topological polar surface area (TPSA) is 0 Å². The van der Waals surface area contributed by atoms with Gasteiger partial charge in [-0.25, -0.2) is 0 Å². The van der Waals surface area contributed by atoms with Crippen LogP contribution < -0.4 is 29.6 Å². The standard InChI is InChI=1S/C10H8.C2H5.Na/c1-2-6-10-8-4-3-7-9(10)5-1;1-2;/h1-8H;1H2,2H3;/q;-1;+1. The first-order valence-electron chi connectivity index (χ1n) is 4.11. The summed E-state index contributed by atoms with van der Waals surface area (Å²) in [5.41, 5.74) is 0. The first-order valence-corrected chi connectivity index (χ1v) is 4.11. The zero-order valence-corrected chi connectivity index (χ0v) is 10.3. The Bertz CT molecular complexity index is 276. The summed E-state index contributed by atoms with van der Waals surface area (Å²) >= 11 is 0. The van der Waals surface area contributed by atoms with Gasteiger partial charge in [-0.2, -0.15) is 6.92 Å². The predicted octanol–water partition coefficient (Wildman–Crippen LogP) is 0.684. The number of benzene rings is 2.